The quantitative estimate of drug-likeness (QED) is 0.523. The fourth-order valence-electron chi connectivity index (χ4n) is 5.09. The van der Waals surface area contributed by atoms with Crippen LogP contribution in [0.25, 0.3) is 9.75 Å². The molecule has 2 aromatic rings. The average molecular weight is 322 g/mol. The van der Waals surface area contributed by atoms with Gasteiger partial charge in [-0.3, -0.25) is 0 Å². The topological polar surface area (TPSA) is 0 Å². The van der Waals surface area contributed by atoms with Crippen LogP contribution in [0.2, 0.25) is 0 Å². The van der Waals surface area contributed by atoms with Crippen LogP contribution >= 0.6 is 22.7 Å². The van der Waals surface area contributed by atoms with Crippen molar-refractivity contribution in [2.45, 2.75) is 49.4 Å². The molecule has 6 aliphatic rings. The van der Waals surface area contributed by atoms with Gasteiger partial charge >= 0.3 is 0 Å². The van der Waals surface area contributed by atoms with Crippen LogP contribution in [0, 0.1) is 0 Å². The monoisotopic (exact) mass is 322 g/mol. The van der Waals surface area contributed by atoms with Gasteiger partial charge in [0.1, 0.15) is 0 Å². The molecular formula is C20H18S2. The highest BCUT2D eigenvalue weighted by molar-refractivity contribution is 7.20. The number of thiophene rings is 2. The van der Waals surface area contributed by atoms with Gasteiger partial charge in [0.25, 0.3) is 0 Å². The van der Waals surface area contributed by atoms with E-state index in [9.17, 15) is 0 Å². The second kappa shape index (κ2) is 4.24. The van der Waals surface area contributed by atoms with E-state index in [1.54, 1.807) is 32.0 Å². The van der Waals surface area contributed by atoms with Crippen LogP contribution < -0.4 is 0 Å². The van der Waals surface area contributed by atoms with E-state index < -0.39 is 0 Å². The predicted molar refractivity (Wildman–Crippen MR) is 95.3 cm³/mol. The first-order valence-corrected chi connectivity index (χ1v) is 10.3. The highest BCUT2D eigenvalue weighted by atomic mass is 32.1. The number of hydrogen-bond donors (Lipinski definition) is 0. The van der Waals surface area contributed by atoms with E-state index in [1.165, 1.54) is 25.7 Å². The SMILES string of the molecule is C1=C[C@H]2CC[C@@H]1c1csc(-c3scc4c3[C@H]3C=C[C@@H]4CC3)c12. The van der Waals surface area contributed by atoms with Crippen molar-refractivity contribution in [2.75, 3.05) is 0 Å². The van der Waals surface area contributed by atoms with Gasteiger partial charge in [-0.05, 0) is 58.7 Å². The molecule has 6 aliphatic carbocycles. The summed E-state index contributed by atoms with van der Waals surface area (Å²) in [4.78, 5) is 3.22. The molecule has 2 heterocycles. The molecule has 0 radical (unpaired) electrons. The van der Waals surface area contributed by atoms with Gasteiger partial charge in [-0.1, -0.05) is 24.3 Å². The summed E-state index contributed by atoms with van der Waals surface area (Å²) in [5.41, 5.74) is 6.69. The molecule has 110 valence electrons. The zero-order chi connectivity index (χ0) is 14.3. The van der Waals surface area contributed by atoms with Gasteiger partial charge < -0.3 is 0 Å². The Bertz CT molecular complexity index is 762. The highest BCUT2D eigenvalue weighted by Gasteiger charge is 2.37. The Morgan fingerprint density at radius 1 is 0.591 bits per heavy atom. The first-order chi connectivity index (χ1) is 10.9. The summed E-state index contributed by atoms with van der Waals surface area (Å²) in [6.07, 6.45) is 15.3. The number of allylic oxidation sites excluding steroid dienone is 4. The Labute approximate surface area is 139 Å². The van der Waals surface area contributed by atoms with E-state index in [4.69, 9.17) is 0 Å². The van der Waals surface area contributed by atoms with E-state index in [-0.39, 0.29) is 0 Å². The van der Waals surface area contributed by atoms with Crippen molar-refractivity contribution in [2.24, 2.45) is 0 Å². The minimum Gasteiger partial charge on any atom is -0.142 e. The molecule has 0 amide bonds. The van der Waals surface area contributed by atoms with Crippen LogP contribution in [0.5, 0.6) is 0 Å². The first kappa shape index (κ1) is 12.3. The molecule has 2 heteroatoms. The molecule has 0 unspecified atom stereocenters. The lowest BCUT2D eigenvalue weighted by atomic mass is 9.70. The van der Waals surface area contributed by atoms with Crippen LogP contribution in [0.15, 0.2) is 35.1 Å². The molecule has 0 N–H and O–H groups in total. The van der Waals surface area contributed by atoms with E-state index in [1.807, 2.05) is 22.7 Å². The van der Waals surface area contributed by atoms with Crippen molar-refractivity contribution >= 4 is 22.7 Å². The van der Waals surface area contributed by atoms with Crippen LogP contribution in [-0.4, -0.2) is 0 Å². The fraction of sp³-hybridized carbons (Fsp3) is 0.400. The third-order valence-electron chi connectivity index (χ3n) is 6.19. The summed E-state index contributed by atoms with van der Waals surface area (Å²) in [7, 11) is 0. The van der Waals surface area contributed by atoms with E-state index in [0.29, 0.717) is 23.7 Å². The lowest BCUT2D eigenvalue weighted by Crippen LogP contribution is -2.17. The molecule has 8 rings (SSSR count). The summed E-state index contributed by atoms with van der Waals surface area (Å²) >= 11 is 4.03. The lowest BCUT2D eigenvalue weighted by Gasteiger charge is -2.33. The van der Waals surface area contributed by atoms with Crippen molar-refractivity contribution < 1.29 is 0 Å². The number of fused-ring (bicyclic) bond motifs is 2. The third-order valence-corrected chi connectivity index (χ3v) is 8.39. The molecular weight excluding hydrogens is 304 g/mol. The maximum absolute atomic E-state index is 2.48. The Hall–Kier alpha value is -1.12. The molecule has 0 spiro atoms. The highest BCUT2D eigenvalue weighted by Crippen LogP contribution is 2.56. The second-order valence-corrected chi connectivity index (χ2v) is 8.98. The molecule has 0 saturated heterocycles. The summed E-state index contributed by atoms with van der Waals surface area (Å²) in [5.74, 6) is 2.79. The van der Waals surface area contributed by atoms with Crippen molar-refractivity contribution in [1.29, 1.82) is 0 Å². The molecule has 0 fully saturated rings. The zero-order valence-electron chi connectivity index (χ0n) is 12.4. The van der Waals surface area contributed by atoms with Crippen molar-refractivity contribution in [3.05, 3.63) is 57.3 Å². The largest absolute Gasteiger partial charge is 0.142 e. The fourth-order valence-corrected chi connectivity index (χ4v) is 7.70. The summed E-state index contributed by atoms with van der Waals surface area (Å²) in [6, 6.07) is 0. The van der Waals surface area contributed by atoms with Gasteiger partial charge in [0, 0.05) is 33.4 Å². The van der Waals surface area contributed by atoms with Gasteiger partial charge in [-0.2, -0.15) is 0 Å². The van der Waals surface area contributed by atoms with Crippen molar-refractivity contribution in [3.63, 3.8) is 0 Å². The molecule has 0 aliphatic heterocycles. The van der Waals surface area contributed by atoms with Gasteiger partial charge in [0.15, 0.2) is 0 Å². The number of rotatable bonds is 1. The smallest absolute Gasteiger partial charge is 0.0486 e. The van der Waals surface area contributed by atoms with Crippen LogP contribution in [0.1, 0.15) is 71.6 Å². The van der Waals surface area contributed by atoms with E-state index in [0.717, 1.165) is 0 Å². The molecule has 2 aromatic heterocycles. The average Bonchev–Trinajstić information content (AvgIpc) is 3.23. The van der Waals surface area contributed by atoms with Crippen molar-refractivity contribution in [3.8, 4) is 9.75 Å². The van der Waals surface area contributed by atoms with Crippen LogP contribution in [0.3, 0.4) is 0 Å². The lowest BCUT2D eigenvalue weighted by molar-refractivity contribution is 0.554. The minimum atomic E-state index is 0.690. The van der Waals surface area contributed by atoms with Gasteiger partial charge in [-0.15, -0.1) is 22.7 Å². The molecule has 4 bridgehead atoms. The maximum atomic E-state index is 2.48. The Morgan fingerprint density at radius 2 is 1.00 bits per heavy atom. The third kappa shape index (κ3) is 1.43. The Balaban J connectivity index is 1.57. The summed E-state index contributed by atoms with van der Waals surface area (Å²) in [5, 5.41) is 4.93. The molecule has 22 heavy (non-hydrogen) atoms. The normalized spacial score (nSPS) is 33.3. The Kier molecular flexibility index (Phi) is 2.37. The summed E-state index contributed by atoms with van der Waals surface area (Å²) < 4.78 is 0. The van der Waals surface area contributed by atoms with Crippen LogP contribution in [0.4, 0.5) is 0 Å². The van der Waals surface area contributed by atoms with E-state index >= 15 is 0 Å². The Morgan fingerprint density at radius 3 is 1.41 bits per heavy atom. The number of hydrogen-bond acceptors (Lipinski definition) is 2. The van der Waals surface area contributed by atoms with Gasteiger partial charge in [-0.25, -0.2) is 0 Å². The van der Waals surface area contributed by atoms with Gasteiger partial charge in [0.05, 0.1) is 0 Å². The van der Waals surface area contributed by atoms with Crippen LogP contribution in [-0.2, 0) is 0 Å². The van der Waals surface area contributed by atoms with Gasteiger partial charge in [0.2, 0.25) is 0 Å². The van der Waals surface area contributed by atoms with Crippen molar-refractivity contribution in [1.82, 2.24) is 0 Å². The molecule has 4 atom stereocenters. The standard InChI is InChI=1S/C20H18S2/c1-5-13-6-2-11(1)15-9-21-19(17(13)15)20-18-14-7-3-12(4-8-14)16(18)10-22-20/h1,3,5,7,9-14H,2,4,6,8H2/t11-,12-,13+,14+/m1/s1. The molecule has 0 saturated carbocycles. The maximum Gasteiger partial charge on any atom is 0.0486 e. The molecule has 0 nitrogen and oxygen atoms in total. The predicted octanol–water partition coefficient (Wildman–Crippen LogP) is 6.54. The first-order valence-electron chi connectivity index (χ1n) is 8.49. The second-order valence-electron chi connectivity index (χ2n) is 7.22. The minimum absolute atomic E-state index is 0.690. The molecule has 0 aromatic carbocycles. The van der Waals surface area contributed by atoms with E-state index in [2.05, 4.69) is 35.1 Å². The summed E-state index contributed by atoms with van der Waals surface area (Å²) in [6.45, 7) is 0. The zero-order valence-corrected chi connectivity index (χ0v) is 14.1.